The van der Waals surface area contributed by atoms with E-state index in [1.165, 1.54) is 17.2 Å². The van der Waals surface area contributed by atoms with Gasteiger partial charge in [0, 0.05) is 105 Å². The smallest absolute Gasteiger partial charge is 0.416 e. The number of carbonyl (C=O) groups excluding carboxylic acids is 2. The highest BCUT2D eigenvalue weighted by Crippen LogP contribution is 2.33. The Balaban J connectivity index is 0.000000188. The number of hydrogen-bond donors (Lipinski definition) is 15. The number of amides is 1. The van der Waals surface area contributed by atoms with Crippen LogP contribution in [0.2, 0.25) is 0 Å². The molecule has 0 saturated carbocycles. The van der Waals surface area contributed by atoms with E-state index >= 15 is 0 Å². The number of rotatable bonds is 14. The number of carbonyl (C=O) groups is 2. The molecule has 14 rings (SSSR count). The van der Waals surface area contributed by atoms with Gasteiger partial charge in [0.25, 0.3) is 5.91 Å². The van der Waals surface area contributed by atoms with Crippen LogP contribution in [0, 0.1) is 13.8 Å². The first-order chi connectivity index (χ1) is 56.4. The Kier molecular flexibility index (Phi) is 34.4. The number of benzene rings is 13. The fraction of sp³-hybridized carbons (Fsp3) is 0.0667. The van der Waals surface area contributed by atoms with E-state index in [1.54, 1.807) is 115 Å². The fourth-order valence-corrected chi connectivity index (χ4v) is 9.61. The standard InChI is InChI=1S/C18H15N3.C14H16N4.C13H13N3O.C12H12N4.C12H12N2O.C8H12N2.C7H7F3N2.C6H8N2O/c19-16-8-12-18(13-9-16)21-20-17-10-6-15(7-11-17)14-4-2-1-3-5-14;1-18(2)14-9-7-13(8-10-14)17-16-12-5-3-11(15)4-6-12;14-10-3-1-9(2-4-10)13(17)16-12-7-5-11(15)6-8-12;13-9-1-5-11(6-2-9)15-16-12-7-3-10(14)4-8-12;13-9-1-5-11(6-2-9)15-12-7-3-10(14)4-8-12;1-5-3-8(10)6(2)4-7(5)9;8-7(9,10)4-1-5(11)3-6(12)2-4;7-4-6(9)5-2-1-3-8-5/h1-13H,19H2;3-10H,15H2,1-2H3;1-8H,14-15H2,(H,16,17);1-8H,13-14H2;1-8H,13-14H2;3-4H,9-10H2,1-2H3;1-3H,11-12H2;1-3,8H,4,7H2. The van der Waals surface area contributed by atoms with Gasteiger partial charge in [0.2, 0.25) is 0 Å². The van der Waals surface area contributed by atoms with Gasteiger partial charge in [-0.25, -0.2) is 0 Å². The summed E-state index contributed by atoms with van der Waals surface area (Å²) in [6.45, 7) is 3.97. The first kappa shape index (κ1) is 89.2. The zero-order valence-corrected chi connectivity index (χ0v) is 65.3. The van der Waals surface area contributed by atoms with Gasteiger partial charge in [-0.1, -0.05) is 42.5 Å². The number of nitrogens with zero attached hydrogens (tertiary/aromatic N) is 7. The van der Waals surface area contributed by atoms with Crippen LogP contribution in [0.25, 0.3) is 11.1 Å². The minimum atomic E-state index is -4.39. The monoisotopic (exact) mass is 1590 g/mol. The number of ketones is 1. The van der Waals surface area contributed by atoms with Crippen molar-refractivity contribution in [3.63, 3.8) is 0 Å². The third kappa shape index (κ3) is 32.4. The Labute approximate surface area is 682 Å². The normalized spacial score (nSPS) is 10.4. The van der Waals surface area contributed by atoms with E-state index in [4.69, 9.17) is 79.3 Å². The second kappa shape index (κ2) is 45.5. The summed E-state index contributed by atoms with van der Waals surface area (Å²) in [6, 6.07) is 93.6. The lowest BCUT2D eigenvalue weighted by Gasteiger charge is -2.11. The molecule has 0 aliphatic rings. The van der Waals surface area contributed by atoms with Gasteiger partial charge in [0.1, 0.15) is 11.5 Å². The van der Waals surface area contributed by atoms with Crippen molar-refractivity contribution >= 4 is 125 Å². The van der Waals surface area contributed by atoms with Crippen LogP contribution in [0.5, 0.6) is 11.5 Å². The number of halogens is 3. The van der Waals surface area contributed by atoms with Gasteiger partial charge >= 0.3 is 6.18 Å². The Morgan fingerprint density at radius 1 is 0.373 bits per heavy atom. The van der Waals surface area contributed by atoms with Gasteiger partial charge in [-0.2, -0.15) is 43.9 Å². The molecule has 1 heterocycles. The maximum Gasteiger partial charge on any atom is 0.416 e. The number of hydrogen-bond acceptors (Lipinski definition) is 23. The number of nitrogen functional groups attached to an aromatic ring is 12. The number of Topliss-reactive ketones (excluding diaryl/α,β-unsaturated/α-hetero) is 1. The van der Waals surface area contributed by atoms with Crippen molar-refractivity contribution in [1.82, 2.24) is 4.98 Å². The van der Waals surface area contributed by atoms with E-state index in [-0.39, 0.29) is 29.6 Å². The molecule has 0 saturated heterocycles. The highest BCUT2D eigenvalue weighted by atomic mass is 19.4. The minimum Gasteiger partial charge on any atom is -0.457 e. The minimum absolute atomic E-state index is 0.0160. The third-order valence-corrected chi connectivity index (χ3v) is 16.1. The molecule has 1 amide bonds. The molecule has 28 heteroatoms. The van der Waals surface area contributed by atoms with E-state index < -0.39 is 11.7 Å². The molecule has 14 aromatic rings. The van der Waals surface area contributed by atoms with Crippen LogP contribution < -0.4 is 89.5 Å². The predicted octanol–water partition coefficient (Wildman–Crippen LogP) is 20.6. The molecule has 0 bridgehead atoms. The molecular formula is C90H95F3N22O3. The van der Waals surface area contributed by atoms with Gasteiger partial charge in [-0.3, -0.25) is 9.59 Å². The number of azo groups is 3. The average Bonchev–Trinajstić information content (AvgIpc) is 0.967. The van der Waals surface area contributed by atoms with E-state index in [9.17, 15) is 22.8 Å². The highest BCUT2D eigenvalue weighted by Gasteiger charge is 2.31. The number of aromatic amines is 1. The van der Waals surface area contributed by atoms with Crippen LogP contribution in [0.3, 0.4) is 0 Å². The van der Waals surface area contributed by atoms with Crippen molar-refractivity contribution in [3.05, 3.63) is 350 Å². The lowest BCUT2D eigenvalue weighted by atomic mass is 10.1. The van der Waals surface area contributed by atoms with Gasteiger partial charge in [-0.15, -0.1) is 0 Å². The number of nitrogens with one attached hydrogen (secondary N) is 2. The van der Waals surface area contributed by atoms with Crippen molar-refractivity contribution in [2.24, 2.45) is 36.4 Å². The van der Waals surface area contributed by atoms with Gasteiger partial charge in [0.15, 0.2) is 5.78 Å². The molecule has 28 N–H and O–H groups in total. The summed E-state index contributed by atoms with van der Waals surface area (Å²) in [7, 11) is 4.01. The van der Waals surface area contributed by atoms with Crippen molar-refractivity contribution in [3.8, 4) is 22.6 Å². The Morgan fingerprint density at radius 2 is 0.686 bits per heavy atom. The van der Waals surface area contributed by atoms with E-state index in [0.717, 1.165) is 109 Å². The molecule has 0 aliphatic carbocycles. The molecular weight excluding hydrogens is 1490 g/mol. The van der Waals surface area contributed by atoms with E-state index in [0.29, 0.717) is 39.7 Å². The number of ether oxygens (including phenoxy) is 1. The highest BCUT2D eigenvalue weighted by molar-refractivity contribution is 6.04. The van der Waals surface area contributed by atoms with Crippen LogP contribution in [-0.4, -0.2) is 37.3 Å². The van der Waals surface area contributed by atoms with Gasteiger partial charge in [0.05, 0.1) is 51.9 Å². The SMILES string of the molecule is CN(C)c1ccc(N=Nc2ccc(N)cc2)cc1.Cc1cc(N)c(C)cc1N.NCC(=O)c1ccc[nH]1.Nc1cc(N)cc(C(F)(F)F)c1.Nc1ccc(N=Nc2ccc(-c3ccccc3)cc2)cc1.Nc1ccc(N=Nc2ccc(N)cc2)cc1.Nc1ccc(NC(=O)c2ccc(N)cc2)cc1.Nc1ccc(Oc2ccc(N)cc2)cc1. The van der Waals surface area contributed by atoms with Crippen molar-refractivity contribution in [2.75, 3.05) is 99.7 Å². The number of alkyl halides is 3. The van der Waals surface area contributed by atoms with E-state index in [1.807, 2.05) is 209 Å². The number of anilines is 14. The zero-order valence-electron chi connectivity index (χ0n) is 65.3. The van der Waals surface area contributed by atoms with Gasteiger partial charge in [-0.05, 0) is 309 Å². The summed E-state index contributed by atoms with van der Waals surface area (Å²) in [5, 5.41) is 27.7. The lowest BCUT2D eigenvalue weighted by molar-refractivity contribution is -0.137. The van der Waals surface area contributed by atoms with E-state index in [2.05, 4.69) is 53.1 Å². The molecule has 0 unspecified atom stereocenters. The first-order valence-corrected chi connectivity index (χ1v) is 36.2. The van der Waals surface area contributed by atoms with Crippen molar-refractivity contribution in [1.29, 1.82) is 0 Å². The molecule has 0 atom stereocenters. The summed E-state index contributed by atoms with van der Waals surface area (Å²) in [4.78, 5) is 27.3. The predicted molar refractivity (Wildman–Crippen MR) is 479 cm³/mol. The van der Waals surface area contributed by atoms with Crippen LogP contribution in [0.15, 0.2) is 352 Å². The van der Waals surface area contributed by atoms with Crippen molar-refractivity contribution in [2.45, 2.75) is 20.0 Å². The maximum absolute atomic E-state index is 12.0. The van der Waals surface area contributed by atoms with Crippen LogP contribution in [-0.2, 0) is 6.18 Å². The average molecular weight is 1590 g/mol. The van der Waals surface area contributed by atoms with Gasteiger partial charge < -0.3 is 94.5 Å². The molecule has 604 valence electrons. The maximum atomic E-state index is 12.0. The number of H-pyrrole nitrogens is 1. The molecule has 13 aromatic carbocycles. The zero-order chi connectivity index (χ0) is 85.5. The second-order valence-corrected chi connectivity index (χ2v) is 25.9. The van der Waals surface area contributed by atoms with Crippen LogP contribution in [0.1, 0.15) is 37.5 Å². The summed E-state index contributed by atoms with van der Waals surface area (Å²) in [5.74, 6) is 1.29. The molecule has 25 nitrogen and oxygen atoms in total. The largest absolute Gasteiger partial charge is 0.457 e. The first-order valence-electron chi connectivity index (χ1n) is 36.2. The summed E-state index contributed by atoms with van der Waals surface area (Å²) in [5.41, 5.74) is 90.0. The lowest BCUT2D eigenvalue weighted by Crippen LogP contribution is -2.13. The third-order valence-electron chi connectivity index (χ3n) is 16.1. The van der Waals surface area contributed by atoms with Crippen LogP contribution >= 0.6 is 0 Å². The Bertz CT molecular complexity index is 5300. The number of aromatic nitrogens is 1. The Morgan fingerprint density at radius 3 is 1.01 bits per heavy atom. The quantitative estimate of drug-likeness (QED) is 0.0273. The summed E-state index contributed by atoms with van der Waals surface area (Å²) >= 11 is 0. The Hall–Kier alpha value is -16.0. The molecule has 118 heavy (non-hydrogen) atoms. The molecule has 0 fully saturated rings. The van der Waals surface area contributed by atoms with Crippen LogP contribution in [0.4, 0.5) is 127 Å². The summed E-state index contributed by atoms with van der Waals surface area (Å²) < 4.78 is 41.7. The molecule has 0 radical (unpaired) electrons. The van der Waals surface area contributed by atoms with Crippen molar-refractivity contribution < 1.29 is 27.5 Å². The molecule has 0 aliphatic heterocycles. The summed E-state index contributed by atoms with van der Waals surface area (Å²) in [6.07, 6.45) is -2.69. The topological polar surface area (TPSA) is 487 Å². The molecule has 1 aromatic heterocycles. The molecule has 0 spiro atoms. The second-order valence-electron chi connectivity index (χ2n) is 25.9. The number of aryl methyl sites for hydroxylation is 2. The fourth-order valence-electron chi connectivity index (χ4n) is 9.61. The number of nitrogens with two attached hydrogens (primary N) is 13.